The van der Waals surface area contributed by atoms with E-state index in [-0.39, 0.29) is 5.91 Å². The van der Waals surface area contributed by atoms with Gasteiger partial charge in [0.25, 0.3) is 5.91 Å². The van der Waals surface area contributed by atoms with Gasteiger partial charge in [0.2, 0.25) is 0 Å². The van der Waals surface area contributed by atoms with Crippen molar-refractivity contribution in [1.82, 2.24) is 15.1 Å². The first-order valence-corrected chi connectivity index (χ1v) is 8.43. The molecule has 22 heavy (non-hydrogen) atoms. The van der Waals surface area contributed by atoms with E-state index in [2.05, 4.69) is 26.3 Å². The summed E-state index contributed by atoms with van der Waals surface area (Å²) in [6.45, 7) is 0.476. The van der Waals surface area contributed by atoms with E-state index in [1.54, 1.807) is 23.0 Å². The fraction of sp³-hybridized carbons (Fsp3) is 0.0667. The van der Waals surface area contributed by atoms with Crippen molar-refractivity contribution in [2.45, 2.75) is 6.54 Å². The minimum absolute atomic E-state index is 0.113. The Morgan fingerprint density at radius 2 is 2.05 bits per heavy atom. The van der Waals surface area contributed by atoms with Crippen molar-refractivity contribution in [3.8, 4) is 5.69 Å². The fourth-order valence-corrected chi connectivity index (χ4v) is 3.24. The third-order valence-electron chi connectivity index (χ3n) is 3.00. The summed E-state index contributed by atoms with van der Waals surface area (Å²) in [5.74, 6) is -0.113. The van der Waals surface area contributed by atoms with E-state index in [1.807, 2.05) is 30.5 Å². The Hall–Kier alpha value is -1.63. The molecule has 2 heterocycles. The second kappa shape index (κ2) is 6.64. The number of aromatic nitrogens is 2. The first-order chi connectivity index (χ1) is 10.6. The van der Waals surface area contributed by atoms with Crippen LogP contribution < -0.4 is 5.32 Å². The molecule has 2 aromatic heterocycles. The van der Waals surface area contributed by atoms with Gasteiger partial charge in [0, 0.05) is 16.6 Å². The monoisotopic (exact) mass is 395 g/mol. The number of nitrogens with zero attached hydrogens (tertiary/aromatic N) is 2. The molecule has 4 nitrogen and oxygen atoms in total. The molecule has 0 aliphatic heterocycles. The molecule has 0 atom stereocenters. The Morgan fingerprint density at radius 1 is 1.27 bits per heavy atom. The van der Waals surface area contributed by atoms with E-state index in [9.17, 15) is 4.79 Å². The van der Waals surface area contributed by atoms with Crippen LogP contribution in [0.15, 0.2) is 53.3 Å². The molecule has 1 N–H and O–H groups in total. The van der Waals surface area contributed by atoms with Gasteiger partial charge in [-0.15, -0.1) is 11.3 Å². The van der Waals surface area contributed by atoms with E-state index in [0.29, 0.717) is 12.1 Å². The minimum atomic E-state index is -0.113. The van der Waals surface area contributed by atoms with Crippen LogP contribution in [0.4, 0.5) is 0 Å². The molecular weight excluding hydrogens is 386 g/mol. The molecule has 0 aliphatic carbocycles. The van der Waals surface area contributed by atoms with Gasteiger partial charge >= 0.3 is 0 Å². The van der Waals surface area contributed by atoms with Crippen LogP contribution in [0.1, 0.15) is 15.2 Å². The molecule has 0 unspecified atom stereocenters. The summed E-state index contributed by atoms with van der Waals surface area (Å²) >= 11 is 10.7. The molecule has 0 aliphatic rings. The molecule has 7 heteroatoms. The molecule has 1 aromatic carbocycles. The van der Waals surface area contributed by atoms with Gasteiger partial charge in [-0.2, -0.15) is 5.10 Å². The Balaban J connectivity index is 1.65. The average Bonchev–Trinajstić information content (AvgIpc) is 3.13. The van der Waals surface area contributed by atoms with Crippen LogP contribution in [0.25, 0.3) is 5.69 Å². The molecule has 0 radical (unpaired) electrons. The topological polar surface area (TPSA) is 46.9 Å². The minimum Gasteiger partial charge on any atom is -0.347 e. The molecule has 0 bridgehead atoms. The fourth-order valence-electron chi connectivity index (χ4n) is 1.92. The maximum Gasteiger partial charge on any atom is 0.251 e. The Kier molecular flexibility index (Phi) is 4.61. The van der Waals surface area contributed by atoms with Gasteiger partial charge in [-0.1, -0.05) is 11.6 Å². The van der Waals surface area contributed by atoms with Crippen LogP contribution >= 0.6 is 38.9 Å². The van der Waals surface area contributed by atoms with Crippen LogP contribution in [-0.2, 0) is 6.54 Å². The number of amides is 1. The summed E-state index contributed by atoms with van der Waals surface area (Å²) in [4.78, 5) is 13.1. The van der Waals surface area contributed by atoms with Crippen molar-refractivity contribution < 1.29 is 4.79 Å². The molecular formula is C15H11BrClN3OS. The molecule has 3 aromatic rings. The maximum atomic E-state index is 12.1. The van der Waals surface area contributed by atoms with Crippen LogP contribution in [0.5, 0.6) is 0 Å². The van der Waals surface area contributed by atoms with Crippen LogP contribution in [0, 0.1) is 0 Å². The van der Waals surface area contributed by atoms with Gasteiger partial charge in [0.05, 0.1) is 27.2 Å². The lowest BCUT2D eigenvalue weighted by atomic mass is 10.2. The number of benzene rings is 1. The van der Waals surface area contributed by atoms with E-state index < -0.39 is 0 Å². The number of halogens is 2. The molecule has 0 saturated carbocycles. The number of hydrogen-bond donors (Lipinski definition) is 1. The van der Waals surface area contributed by atoms with Crippen molar-refractivity contribution in [3.05, 3.63) is 68.0 Å². The average molecular weight is 397 g/mol. The number of carbonyl (C=O) groups excluding carboxylic acids is 1. The van der Waals surface area contributed by atoms with Gasteiger partial charge < -0.3 is 5.32 Å². The Bertz CT molecular complexity index is 797. The zero-order valence-corrected chi connectivity index (χ0v) is 14.5. The van der Waals surface area contributed by atoms with E-state index in [4.69, 9.17) is 11.6 Å². The van der Waals surface area contributed by atoms with Gasteiger partial charge in [-0.3, -0.25) is 4.79 Å². The van der Waals surface area contributed by atoms with Gasteiger partial charge in [0.1, 0.15) is 0 Å². The van der Waals surface area contributed by atoms with E-state index in [0.717, 1.165) is 19.4 Å². The SMILES string of the molecule is O=C(NCc1ccc(Cl)s1)c1ccc(-n2cc(Br)cn2)cc1. The summed E-state index contributed by atoms with van der Waals surface area (Å²) in [6.07, 6.45) is 3.57. The summed E-state index contributed by atoms with van der Waals surface area (Å²) in [6, 6.07) is 11.0. The lowest BCUT2D eigenvalue weighted by Crippen LogP contribution is -2.22. The first-order valence-electron chi connectivity index (χ1n) is 6.45. The smallest absolute Gasteiger partial charge is 0.251 e. The second-order valence-electron chi connectivity index (χ2n) is 4.54. The van der Waals surface area contributed by atoms with Crippen molar-refractivity contribution in [2.24, 2.45) is 0 Å². The zero-order chi connectivity index (χ0) is 15.5. The van der Waals surface area contributed by atoms with Gasteiger partial charge in [-0.25, -0.2) is 4.68 Å². The number of nitrogens with one attached hydrogen (secondary N) is 1. The van der Waals surface area contributed by atoms with Crippen molar-refractivity contribution in [3.63, 3.8) is 0 Å². The standard InChI is InChI=1S/C15H11BrClN3OS/c16-11-7-19-20(9-11)12-3-1-10(2-4-12)15(21)18-8-13-5-6-14(17)22-13/h1-7,9H,8H2,(H,18,21). The number of hydrogen-bond acceptors (Lipinski definition) is 3. The third-order valence-corrected chi connectivity index (χ3v) is 4.64. The van der Waals surface area contributed by atoms with Crippen molar-refractivity contribution in [1.29, 1.82) is 0 Å². The highest BCUT2D eigenvalue weighted by Gasteiger charge is 2.07. The maximum absolute atomic E-state index is 12.1. The highest BCUT2D eigenvalue weighted by atomic mass is 79.9. The number of carbonyl (C=O) groups is 1. The lowest BCUT2D eigenvalue weighted by Gasteiger charge is -2.05. The number of thiophene rings is 1. The normalized spacial score (nSPS) is 10.6. The third kappa shape index (κ3) is 3.58. The second-order valence-corrected chi connectivity index (χ2v) is 7.25. The van der Waals surface area contributed by atoms with E-state index >= 15 is 0 Å². The first kappa shape index (κ1) is 15.3. The summed E-state index contributed by atoms with van der Waals surface area (Å²) < 4.78 is 3.36. The lowest BCUT2D eigenvalue weighted by molar-refractivity contribution is 0.0951. The van der Waals surface area contributed by atoms with Gasteiger partial charge in [-0.05, 0) is 52.3 Å². The molecule has 0 fully saturated rings. The summed E-state index contributed by atoms with van der Waals surface area (Å²) in [5.41, 5.74) is 1.50. The molecule has 0 saturated heterocycles. The van der Waals surface area contributed by atoms with E-state index in [1.165, 1.54) is 11.3 Å². The predicted octanol–water partition coefficient (Wildman–Crippen LogP) is 4.28. The summed E-state index contributed by atoms with van der Waals surface area (Å²) in [5, 5.41) is 7.07. The zero-order valence-electron chi connectivity index (χ0n) is 11.3. The van der Waals surface area contributed by atoms with Gasteiger partial charge in [0.15, 0.2) is 0 Å². The molecule has 3 rings (SSSR count). The quantitative estimate of drug-likeness (QED) is 0.715. The molecule has 1 amide bonds. The number of rotatable bonds is 4. The van der Waals surface area contributed by atoms with Crippen LogP contribution in [0.2, 0.25) is 4.34 Å². The predicted molar refractivity (Wildman–Crippen MR) is 91.8 cm³/mol. The summed E-state index contributed by atoms with van der Waals surface area (Å²) in [7, 11) is 0. The highest BCUT2D eigenvalue weighted by molar-refractivity contribution is 9.10. The van der Waals surface area contributed by atoms with Crippen molar-refractivity contribution >= 4 is 44.8 Å². The van der Waals surface area contributed by atoms with Crippen LogP contribution in [-0.4, -0.2) is 15.7 Å². The van der Waals surface area contributed by atoms with Crippen LogP contribution in [0.3, 0.4) is 0 Å². The largest absolute Gasteiger partial charge is 0.347 e. The Morgan fingerprint density at radius 3 is 2.64 bits per heavy atom. The Labute approximate surface area is 144 Å². The molecule has 0 spiro atoms. The van der Waals surface area contributed by atoms with Crippen molar-refractivity contribution in [2.75, 3.05) is 0 Å². The molecule has 112 valence electrons. The highest BCUT2D eigenvalue weighted by Crippen LogP contribution is 2.21.